The molecule has 1 saturated carbocycles. The summed E-state index contributed by atoms with van der Waals surface area (Å²) in [5.41, 5.74) is 0.842. The molecule has 22 heavy (non-hydrogen) atoms. The summed E-state index contributed by atoms with van der Waals surface area (Å²) < 4.78 is 25.5. The van der Waals surface area contributed by atoms with Crippen LogP contribution in [0.3, 0.4) is 0 Å². The first kappa shape index (κ1) is 15.8. The van der Waals surface area contributed by atoms with Crippen LogP contribution in [0.25, 0.3) is 0 Å². The zero-order valence-electron chi connectivity index (χ0n) is 11.5. The lowest BCUT2D eigenvalue weighted by atomic mass is 10.1. The average molecular weight is 357 g/mol. The molecule has 0 radical (unpaired) electrons. The zero-order valence-corrected chi connectivity index (χ0v) is 13.8. The average Bonchev–Trinajstić information content (AvgIpc) is 3.23. The molecule has 116 valence electrons. The van der Waals surface area contributed by atoms with Gasteiger partial charge in [-0.3, -0.25) is 0 Å². The van der Waals surface area contributed by atoms with Crippen molar-refractivity contribution in [2.75, 3.05) is 6.61 Å². The van der Waals surface area contributed by atoms with Crippen LogP contribution < -0.4 is 0 Å². The summed E-state index contributed by atoms with van der Waals surface area (Å²) in [5, 5.41) is 9.93. The number of hydrogen-bond donors (Lipinski definition) is 1. The highest BCUT2D eigenvalue weighted by molar-refractivity contribution is 7.92. The van der Waals surface area contributed by atoms with Gasteiger partial charge < -0.3 is 5.11 Å². The summed E-state index contributed by atoms with van der Waals surface area (Å²) >= 11 is 11.8. The van der Waals surface area contributed by atoms with E-state index in [-0.39, 0.29) is 23.3 Å². The first-order valence-corrected chi connectivity index (χ1v) is 9.11. The fraction of sp³-hybridized carbons (Fsp3) is 0.250. The summed E-state index contributed by atoms with van der Waals surface area (Å²) in [5.74, 6) is -0.538. The Morgan fingerprint density at radius 1 is 1.00 bits per heavy atom. The molecule has 3 nitrogen and oxygen atoms in total. The molecule has 0 bridgehead atoms. The number of benzene rings is 2. The summed E-state index contributed by atoms with van der Waals surface area (Å²) in [6.45, 7) is -0.172. The van der Waals surface area contributed by atoms with Gasteiger partial charge in [0.05, 0.1) is 10.1 Å². The number of hydrogen-bond acceptors (Lipinski definition) is 3. The molecule has 0 saturated heterocycles. The standard InChI is InChI=1S/C16H14Cl2O3S/c17-11-4-6-13(7-5-11)22(20,21)16-14(9-19)15(16)10-2-1-3-12(18)8-10/h1-8,14-16,19H,9H2. The lowest BCUT2D eigenvalue weighted by molar-refractivity contribution is 0.274. The molecular weight excluding hydrogens is 343 g/mol. The Kier molecular flexibility index (Phi) is 4.21. The fourth-order valence-electron chi connectivity index (χ4n) is 2.92. The quantitative estimate of drug-likeness (QED) is 0.911. The van der Waals surface area contributed by atoms with Gasteiger partial charge in [-0.1, -0.05) is 35.3 Å². The van der Waals surface area contributed by atoms with Crippen LogP contribution in [-0.2, 0) is 9.84 Å². The molecule has 1 fully saturated rings. The van der Waals surface area contributed by atoms with Crippen molar-refractivity contribution in [2.45, 2.75) is 16.1 Å². The highest BCUT2D eigenvalue weighted by Crippen LogP contribution is 2.53. The smallest absolute Gasteiger partial charge is 0.182 e. The van der Waals surface area contributed by atoms with Crippen LogP contribution >= 0.6 is 23.2 Å². The van der Waals surface area contributed by atoms with E-state index >= 15 is 0 Å². The predicted molar refractivity (Wildman–Crippen MR) is 87.2 cm³/mol. The molecule has 0 heterocycles. The van der Waals surface area contributed by atoms with E-state index in [1.165, 1.54) is 12.1 Å². The van der Waals surface area contributed by atoms with Crippen LogP contribution in [0.2, 0.25) is 10.0 Å². The fourth-order valence-corrected chi connectivity index (χ4v) is 5.44. The van der Waals surface area contributed by atoms with Crippen molar-refractivity contribution in [1.82, 2.24) is 0 Å². The molecule has 2 aromatic carbocycles. The Morgan fingerprint density at radius 3 is 2.27 bits per heavy atom. The van der Waals surface area contributed by atoms with E-state index in [9.17, 15) is 13.5 Å². The largest absolute Gasteiger partial charge is 0.396 e. The van der Waals surface area contributed by atoms with Gasteiger partial charge in [-0.15, -0.1) is 0 Å². The minimum Gasteiger partial charge on any atom is -0.396 e. The molecule has 3 atom stereocenters. The van der Waals surface area contributed by atoms with Gasteiger partial charge in [0.2, 0.25) is 0 Å². The van der Waals surface area contributed by atoms with E-state index in [2.05, 4.69) is 0 Å². The van der Waals surface area contributed by atoms with Gasteiger partial charge in [0, 0.05) is 28.5 Å². The number of sulfone groups is 1. The van der Waals surface area contributed by atoms with Gasteiger partial charge in [-0.05, 0) is 42.0 Å². The van der Waals surface area contributed by atoms with E-state index in [1.54, 1.807) is 30.3 Å². The van der Waals surface area contributed by atoms with Crippen LogP contribution in [0.5, 0.6) is 0 Å². The molecule has 0 aromatic heterocycles. The van der Waals surface area contributed by atoms with Crippen molar-refractivity contribution < 1.29 is 13.5 Å². The predicted octanol–water partition coefficient (Wildman–Crippen LogP) is 3.54. The Morgan fingerprint density at radius 2 is 1.68 bits per heavy atom. The van der Waals surface area contributed by atoms with Crippen LogP contribution in [0.1, 0.15) is 11.5 Å². The van der Waals surface area contributed by atoms with Crippen molar-refractivity contribution in [3.63, 3.8) is 0 Å². The van der Waals surface area contributed by atoms with E-state index in [0.29, 0.717) is 10.0 Å². The second kappa shape index (κ2) is 5.85. The first-order valence-electron chi connectivity index (χ1n) is 6.81. The van der Waals surface area contributed by atoms with E-state index in [0.717, 1.165) is 5.56 Å². The summed E-state index contributed by atoms with van der Waals surface area (Å²) in [6.07, 6.45) is 0. The van der Waals surface area contributed by atoms with Crippen molar-refractivity contribution in [1.29, 1.82) is 0 Å². The van der Waals surface area contributed by atoms with Gasteiger partial charge in [0.25, 0.3) is 0 Å². The molecule has 0 spiro atoms. The van der Waals surface area contributed by atoms with Crippen LogP contribution in [-0.4, -0.2) is 25.4 Å². The molecule has 3 rings (SSSR count). The Hall–Kier alpha value is -1.07. The second-order valence-electron chi connectivity index (χ2n) is 5.39. The second-order valence-corrected chi connectivity index (χ2v) is 8.37. The topological polar surface area (TPSA) is 54.4 Å². The summed E-state index contributed by atoms with van der Waals surface area (Å²) in [4.78, 5) is 0.227. The van der Waals surface area contributed by atoms with Gasteiger partial charge >= 0.3 is 0 Å². The molecular formula is C16H14Cl2O3S. The monoisotopic (exact) mass is 356 g/mol. The third-order valence-electron chi connectivity index (χ3n) is 4.04. The van der Waals surface area contributed by atoms with E-state index in [4.69, 9.17) is 23.2 Å². The lowest BCUT2D eigenvalue weighted by Crippen LogP contribution is -2.11. The van der Waals surface area contributed by atoms with Crippen LogP contribution in [0, 0.1) is 5.92 Å². The highest BCUT2D eigenvalue weighted by atomic mass is 35.5. The molecule has 1 N–H and O–H groups in total. The maximum absolute atomic E-state index is 12.8. The van der Waals surface area contributed by atoms with Gasteiger partial charge in [-0.2, -0.15) is 0 Å². The van der Waals surface area contributed by atoms with Gasteiger partial charge in [0.1, 0.15) is 0 Å². The molecule has 3 unspecified atom stereocenters. The lowest BCUT2D eigenvalue weighted by Gasteiger charge is -2.05. The third kappa shape index (κ3) is 2.76. The minimum absolute atomic E-state index is 0.172. The molecule has 2 aromatic rings. The molecule has 6 heteroatoms. The Balaban J connectivity index is 1.95. The van der Waals surface area contributed by atoms with Crippen molar-refractivity contribution in [3.8, 4) is 0 Å². The molecule has 1 aliphatic carbocycles. The molecule has 0 aliphatic heterocycles. The SMILES string of the molecule is O=S(=O)(c1ccc(Cl)cc1)C1C(CO)C1c1cccc(Cl)c1. The highest BCUT2D eigenvalue weighted by Gasteiger charge is 2.58. The minimum atomic E-state index is -3.52. The van der Waals surface area contributed by atoms with Crippen LogP contribution in [0.4, 0.5) is 0 Å². The third-order valence-corrected chi connectivity index (χ3v) is 6.82. The molecule has 0 amide bonds. The number of halogens is 2. The van der Waals surface area contributed by atoms with E-state index < -0.39 is 15.1 Å². The van der Waals surface area contributed by atoms with Crippen molar-refractivity contribution in [2.24, 2.45) is 5.92 Å². The van der Waals surface area contributed by atoms with Crippen LogP contribution in [0.15, 0.2) is 53.4 Å². The number of aliphatic hydroxyl groups excluding tert-OH is 1. The van der Waals surface area contributed by atoms with Crippen molar-refractivity contribution >= 4 is 33.0 Å². The normalized spacial score (nSPS) is 24.2. The zero-order chi connectivity index (χ0) is 15.9. The summed E-state index contributed by atoms with van der Waals surface area (Å²) in [6, 6.07) is 13.2. The van der Waals surface area contributed by atoms with Gasteiger partial charge in [-0.25, -0.2) is 8.42 Å². The number of rotatable bonds is 4. The Bertz CT molecular complexity index is 787. The first-order chi connectivity index (χ1) is 10.4. The Labute approximate surface area is 139 Å². The van der Waals surface area contributed by atoms with E-state index in [1.807, 2.05) is 6.07 Å². The maximum Gasteiger partial charge on any atom is 0.182 e. The maximum atomic E-state index is 12.8. The summed E-state index contributed by atoms with van der Waals surface area (Å²) in [7, 11) is -3.52. The van der Waals surface area contributed by atoms with Crippen molar-refractivity contribution in [3.05, 3.63) is 64.1 Å². The molecule has 1 aliphatic rings. The van der Waals surface area contributed by atoms with Gasteiger partial charge in [0.15, 0.2) is 9.84 Å². The number of aliphatic hydroxyl groups is 1.